The zero-order chi connectivity index (χ0) is 23.0. The molecule has 1 amide bonds. The summed E-state index contributed by atoms with van der Waals surface area (Å²) in [6.07, 6.45) is 1.60. The van der Waals surface area contributed by atoms with Gasteiger partial charge in [-0.1, -0.05) is 72.8 Å². The van der Waals surface area contributed by atoms with E-state index in [0.29, 0.717) is 11.5 Å². The van der Waals surface area contributed by atoms with Gasteiger partial charge in [0.1, 0.15) is 0 Å². The minimum absolute atomic E-state index is 0.101. The summed E-state index contributed by atoms with van der Waals surface area (Å²) < 4.78 is 6.52. The van der Waals surface area contributed by atoms with Crippen LogP contribution in [0.3, 0.4) is 0 Å². The summed E-state index contributed by atoms with van der Waals surface area (Å²) in [6, 6.07) is 26.6. The standard InChI is InChI=1S/C25H21N5O3/c1-18-27-28-29-30(18)23(16-19-8-4-2-5-9-19)25(32)33-17-24(31)26-22-14-12-21(13-15-22)20-10-6-3-7-11-20/h2-16H,17H2,1H3,(H,26,31)/b23-16-. The fourth-order valence-electron chi connectivity index (χ4n) is 3.15. The maximum absolute atomic E-state index is 12.8. The lowest BCUT2D eigenvalue weighted by molar-refractivity contribution is -0.141. The molecule has 0 bridgehead atoms. The monoisotopic (exact) mass is 439 g/mol. The van der Waals surface area contributed by atoms with E-state index in [9.17, 15) is 9.59 Å². The molecule has 1 heterocycles. The molecule has 0 unspecified atom stereocenters. The predicted molar refractivity (Wildman–Crippen MR) is 125 cm³/mol. The molecule has 4 aromatic rings. The van der Waals surface area contributed by atoms with Gasteiger partial charge in [-0.05, 0) is 52.2 Å². The van der Waals surface area contributed by atoms with E-state index in [-0.39, 0.29) is 5.70 Å². The molecule has 0 aliphatic carbocycles. The third kappa shape index (κ3) is 5.56. The number of hydrogen-bond acceptors (Lipinski definition) is 6. The molecule has 0 saturated carbocycles. The van der Waals surface area contributed by atoms with Gasteiger partial charge in [0.2, 0.25) is 0 Å². The van der Waals surface area contributed by atoms with Gasteiger partial charge in [0, 0.05) is 5.69 Å². The lowest BCUT2D eigenvalue weighted by Crippen LogP contribution is -2.23. The van der Waals surface area contributed by atoms with Crippen LogP contribution in [0.15, 0.2) is 84.9 Å². The Morgan fingerprint density at radius 2 is 1.55 bits per heavy atom. The van der Waals surface area contributed by atoms with Gasteiger partial charge < -0.3 is 10.1 Å². The van der Waals surface area contributed by atoms with Crippen molar-refractivity contribution in [1.82, 2.24) is 20.2 Å². The molecule has 0 atom stereocenters. The summed E-state index contributed by atoms with van der Waals surface area (Å²) in [6.45, 7) is 1.21. The van der Waals surface area contributed by atoms with Gasteiger partial charge in [-0.3, -0.25) is 4.79 Å². The van der Waals surface area contributed by atoms with Crippen molar-refractivity contribution >= 4 is 29.3 Å². The van der Waals surface area contributed by atoms with Crippen LogP contribution in [0, 0.1) is 6.92 Å². The second kappa shape index (κ2) is 10.1. The molecular formula is C25H21N5O3. The normalized spacial score (nSPS) is 11.1. The number of ether oxygens (including phenoxy) is 1. The quantitative estimate of drug-likeness (QED) is 0.347. The van der Waals surface area contributed by atoms with Gasteiger partial charge in [-0.25, -0.2) is 4.79 Å². The maximum Gasteiger partial charge on any atom is 0.357 e. The summed E-state index contributed by atoms with van der Waals surface area (Å²) >= 11 is 0. The number of rotatable bonds is 7. The number of nitrogens with one attached hydrogen (secondary N) is 1. The topological polar surface area (TPSA) is 99.0 Å². The van der Waals surface area contributed by atoms with Crippen LogP contribution in [0.1, 0.15) is 11.4 Å². The van der Waals surface area contributed by atoms with Crippen LogP contribution in [-0.2, 0) is 14.3 Å². The van der Waals surface area contributed by atoms with Crippen LogP contribution in [-0.4, -0.2) is 38.7 Å². The lowest BCUT2D eigenvalue weighted by atomic mass is 10.1. The summed E-state index contributed by atoms with van der Waals surface area (Å²) in [7, 11) is 0. The van der Waals surface area contributed by atoms with Crippen LogP contribution < -0.4 is 5.32 Å². The van der Waals surface area contributed by atoms with E-state index in [2.05, 4.69) is 20.8 Å². The van der Waals surface area contributed by atoms with E-state index < -0.39 is 18.5 Å². The Bertz CT molecular complexity index is 1270. The van der Waals surface area contributed by atoms with E-state index in [1.165, 1.54) is 4.68 Å². The molecule has 0 saturated heterocycles. The number of carbonyl (C=O) groups is 2. The van der Waals surface area contributed by atoms with Crippen molar-refractivity contribution in [2.45, 2.75) is 6.92 Å². The van der Waals surface area contributed by atoms with Crippen molar-refractivity contribution in [1.29, 1.82) is 0 Å². The zero-order valence-corrected chi connectivity index (χ0v) is 17.9. The average molecular weight is 439 g/mol. The van der Waals surface area contributed by atoms with E-state index in [4.69, 9.17) is 4.74 Å². The van der Waals surface area contributed by atoms with Gasteiger partial charge in [0.25, 0.3) is 5.91 Å². The van der Waals surface area contributed by atoms with E-state index in [0.717, 1.165) is 16.7 Å². The minimum atomic E-state index is -0.719. The van der Waals surface area contributed by atoms with Crippen molar-refractivity contribution in [3.8, 4) is 11.1 Å². The molecule has 0 spiro atoms. The zero-order valence-electron chi connectivity index (χ0n) is 17.9. The summed E-state index contributed by atoms with van der Waals surface area (Å²) in [5, 5.41) is 14.0. The number of tetrazole rings is 1. The van der Waals surface area contributed by atoms with Crippen molar-refractivity contribution in [3.63, 3.8) is 0 Å². The number of carbonyl (C=O) groups excluding carboxylic acids is 2. The number of benzene rings is 3. The van der Waals surface area contributed by atoms with Crippen molar-refractivity contribution < 1.29 is 14.3 Å². The fourth-order valence-corrected chi connectivity index (χ4v) is 3.15. The molecular weight excluding hydrogens is 418 g/mol. The highest BCUT2D eigenvalue weighted by Gasteiger charge is 2.19. The van der Waals surface area contributed by atoms with Crippen LogP contribution in [0.4, 0.5) is 5.69 Å². The van der Waals surface area contributed by atoms with Gasteiger partial charge in [0.05, 0.1) is 0 Å². The highest BCUT2D eigenvalue weighted by molar-refractivity contribution is 6.15. The minimum Gasteiger partial charge on any atom is -0.451 e. The van der Waals surface area contributed by atoms with Gasteiger partial charge in [-0.15, -0.1) is 5.10 Å². The van der Waals surface area contributed by atoms with E-state index in [1.54, 1.807) is 25.1 Å². The molecule has 0 fully saturated rings. The Balaban J connectivity index is 1.41. The Morgan fingerprint density at radius 3 is 2.18 bits per heavy atom. The van der Waals surface area contributed by atoms with Crippen LogP contribution in [0.5, 0.6) is 0 Å². The summed E-state index contributed by atoms with van der Waals surface area (Å²) in [5.41, 5.74) is 3.59. The lowest BCUT2D eigenvalue weighted by Gasteiger charge is -2.10. The van der Waals surface area contributed by atoms with Gasteiger partial charge in [-0.2, -0.15) is 4.68 Å². The van der Waals surface area contributed by atoms with Gasteiger partial charge in [0.15, 0.2) is 18.1 Å². The molecule has 3 aromatic carbocycles. The SMILES string of the molecule is Cc1nnnn1/C(=C\c1ccccc1)C(=O)OCC(=O)Nc1ccc(-c2ccccc2)cc1. The Labute approximate surface area is 190 Å². The number of hydrogen-bond donors (Lipinski definition) is 1. The molecule has 8 nitrogen and oxygen atoms in total. The average Bonchev–Trinajstić information content (AvgIpc) is 3.28. The first-order valence-electron chi connectivity index (χ1n) is 10.2. The molecule has 164 valence electrons. The third-order valence-corrected chi connectivity index (χ3v) is 4.78. The molecule has 4 rings (SSSR count). The Kier molecular flexibility index (Phi) is 6.65. The van der Waals surface area contributed by atoms with Crippen LogP contribution in [0.25, 0.3) is 22.9 Å². The largest absolute Gasteiger partial charge is 0.451 e. The third-order valence-electron chi connectivity index (χ3n) is 4.78. The number of aryl methyl sites for hydroxylation is 1. The smallest absolute Gasteiger partial charge is 0.357 e. The van der Waals surface area contributed by atoms with Gasteiger partial charge >= 0.3 is 5.97 Å². The van der Waals surface area contributed by atoms with Crippen molar-refractivity contribution in [3.05, 3.63) is 96.3 Å². The fraction of sp³-hybridized carbons (Fsp3) is 0.0800. The van der Waals surface area contributed by atoms with Crippen molar-refractivity contribution in [2.24, 2.45) is 0 Å². The molecule has 1 aromatic heterocycles. The number of esters is 1. The number of amides is 1. The second-order valence-corrected chi connectivity index (χ2v) is 7.15. The highest BCUT2D eigenvalue weighted by Crippen LogP contribution is 2.21. The molecule has 0 radical (unpaired) electrons. The highest BCUT2D eigenvalue weighted by atomic mass is 16.5. The number of anilines is 1. The van der Waals surface area contributed by atoms with Crippen LogP contribution in [0.2, 0.25) is 0 Å². The Hall–Kier alpha value is -4.59. The van der Waals surface area contributed by atoms with E-state index in [1.807, 2.05) is 72.8 Å². The summed E-state index contributed by atoms with van der Waals surface area (Å²) in [5.74, 6) is -0.760. The van der Waals surface area contributed by atoms with Crippen LogP contribution >= 0.6 is 0 Å². The predicted octanol–water partition coefficient (Wildman–Crippen LogP) is 3.83. The summed E-state index contributed by atoms with van der Waals surface area (Å²) in [4.78, 5) is 25.1. The first-order chi connectivity index (χ1) is 16.1. The molecule has 8 heteroatoms. The first kappa shape index (κ1) is 21.6. The maximum atomic E-state index is 12.8. The van der Waals surface area contributed by atoms with Crippen molar-refractivity contribution in [2.75, 3.05) is 11.9 Å². The first-order valence-corrected chi connectivity index (χ1v) is 10.2. The molecule has 33 heavy (non-hydrogen) atoms. The molecule has 0 aliphatic heterocycles. The number of aromatic nitrogens is 4. The second-order valence-electron chi connectivity index (χ2n) is 7.15. The van der Waals surface area contributed by atoms with E-state index >= 15 is 0 Å². The molecule has 1 N–H and O–H groups in total. The number of nitrogens with zero attached hydrogens (tertiary/aromatic N) is 4. The Morgan fingerprint density at radius 1 is 0.909 bits per heavy atom. The molecule has 0 aliphatic rings.